The van der Waals surface area contributed by atoms with Crippen molar-refractivity contribution in [3.8, 4) is 16.9 Å². The molecular formula is C56H54F5NO22. The summed E-state index contributed by atoms with van der Waals surface area (Å²) in [4.78, 5) is 118. The number of nitrogens with one attached hydrogen (secondary N) is 1. The maximum Gasteiger partial charge on any atom is 0.407 e. The molecule has 1 aliphatic carbocycles. The number of carbonyl (C=O) groups is 9. The SMILES string of the molecule is CC(=O)OC[C@H]1O[C@H](O[C@@H]2[C@H](OC(=O)c3ccccc3)[C@@H](O[C@H](C)[C@H](NC(=O)OCC3c4ccccc4-c4ccccc43)C(=O)Oc3c(F)c(F)c(F)c(F)c3F)O[C@H](COC(C)=O)[C@H]2OC(C)=O)[C@@H](OC(C)=O)[C@@H](OC(C)=O)[C@@H]1OC(C)=O. The number of carbonyl (C=O) groups excluding carboxylic acids is 9. The predicted octanol–water partition coefficient (Wildman–Crippen LogP) is 5.51. The predicted molar refractivity (Wildman–Crippen MR) is 268 cm³/mol. The molecule has 450 valence electrons. The Morgan fingerprint density at radius 2 is 0.929 bits per heavy atom. The number of esters is 8. The lowest BCUT2D eigenvalue weighted by Gasteiger charge is -2.49. The normalized spacial score (nSPS) is 23.2. The standard InChI is InChI=1S/C56H54F5NO22/c1-24(44(53(70)82-47-42(60)40(58)39(57)41(59)43(47)61)62-56(71)74-21-36-34-19-13-11-17-32(34)33-18-12-14-20-35(33)36)75-54-51(83-52(69)31-15-9-8-10-16-31)49(46(77-28(5)66)38(80-54)23-73-26(3)64)84-55-50(79-30(7)68)48(78-29(6)67)45(76-27(4)65)37(81-55)22-72-25(2)63/h8-20,24,36-38,44-46,48-51,54-55H,21-23H2,1-7H3,(H,62,71)/t24-,37-,38-,44+,45-,46-,48+,49+,50+,51+,54+,55-/m1/s1. The molecule has 0 unspecified atom stereocenters. The first-order chi connectivity index (χ1) is 39.8. The second-order valence-electron chi connectivity index (χ2n) is 18.9. The van der Waals surface area contributed by atoms with Crippen LogP contribution in [0.4, 0.5) is 26.7 Å². The molecule has 84 heavy (non-hydrogen) atoms. The molecule has 2 aliphatic heterocycles. The van der Waals surface area contributed by atoms with Gasteiger partial charge in [-0.2, -0.15) is 8.78 Å². The number of benzene rings is 4. The molecule has 28 heteroatoms. The zero-order chi connectivity index (χ0) is 61.3. The first-order valence-electron chi connectivity index (χ1n) is 25.5. The second kappa shape index (κ2) is 27.7. The van der Waals surface area contributed by atoms with E-state index in [1.807, 2.05) is 12.1 Å². The molecule has 1 amide bonds. The van der Waals surface area contributed by atoms with Crippen LogP contribution in [-0.4, -0.2) is 147 Å². The largest absolute Gasteiger partial charge is 0.463 e. The van der Waals surface area contributed by atoms with Crippen LogP contribution in [0.3, 0.4) is 0 Å². The van der Waals surface area contributed by atoms with Gasteiger partial charge < -0.3 is 66.9 Å². The lowest BCUT2D eigenvalue weighted by molar-refractivity contribution is -0.363. The highest BCUT2D eigenvalue weighted by Crippen LogP contribution is 2.45. The van der Waals surface area contributed by atoms with Gasteiger partial charge >= 0.3 is 53.8 Å². The van der Waals surface area contributed by atoms with Gasteiger partial charge in [0.1, 0.15) is 38.1 Å². The van der Waals surface area contributed by atoms with Crippen LogP contribution in [0.2, 0.25) is 0 Å². The molecule has 4 aromatic carbocycles. The van der Waals surface area contributed by atoms with Crippen molar-refractivity contribution in [1.82, 2.24) is 5.32 Å². The van der Waals surface area contributed by atoms with Crippen molar-refractivity contribution in [3.05, 3.63) is 125 Å². The Kier molecular flexibility index (Phi) is 20.7. The summed E-state index contributed by atoms with van der Waals surface area (Å²) in [5.41, 5.74) is 2.88. The first kappa shape index (κ1) is 63.0. The molecule has 0 saturated carbocycles. The van der Waals surface area contributed by atoms with Crippen LogP contribution in [0, 0.1) is 29.1 Å². The van der Waals surface area contributed by atoms with E-state index in [0.29, 0.717) is 0 Å². The first-order valence-corrected chi connectivity index (χ1v) is 25.5. The molecule has 0 spiro atoms. The summed E-state index contributed by atoms with van der Waals surface area (Å²) in [5.74, 6) is -25.0. The lowest BCUT2D eigenvalue weighted by Crippen LogP contribution is -2.68. The average molecular weight is 1190 g/mol. The van der Waals surface area contributed by atoms with E-state index in [2.05, 4.69) is 5.32 Å². The van der Waals surface area contributed by atoms with Crippen LogP contribution in [0.1, 0.15) is 75.9 Å². The second-order valence-corrected chi connectivity index (χ2v) is 18.9. The number of hydrogen-bond donors (Lipinski definition) is 1. The van der Waals surface area contributed by atoms with Gasteiger partial charge in [-0.15, -0.1) is 0 Å². The Balaban J connectivity index is 1.33. The Morgan fingerprint density at radius 3 is 1.44 bits per heavy atom. The zero-order valence-electron chi connectivity index (χ0n) is 45.5. The van der Waals surface area contributed by atoms with Crippen LogP contribution in [-0.2, 0) is 90.4 Å². The van der Waals surface area contributed by atoms with Crippen LogP contribution < -0.4 is 10.1 Å². The van der Waals surface area contributed by atoms with Gasteiger partial charge in [0.15, 0.2) is 49.1 Å². The van der Waals surface area contributed by atoms with E-state index >= 15 is 8.78 Å². The number of ether oxygens (including phenoxy) is 13. The summed E-state index contributed by atoms with van der Waals surface area (Å²) < 4.78 is 148. The summed E-state index contributed by atoms with van der Waals surface area (Å²) in [6, 6.07) is 18.7. The lowest BCUT2D eigenvalue weighted by atomic mass is 9.95. The van der Waals surface area contributed by atoms with Gasteiger partial charge in [-0.3, -0.25) is 28.8 Å². The van der Waals surface area contributed by atoms with Crippen LogP contribution in [0.5, 0.6) is 5.75 Å². The molecule has 4 aromatic rings. The monoisotopic (exact) mass is 1190 g/mol. The molecule has 2 heterocycles. The number of rotatable bonds is 20. The Bertz CT molecular complexity index is 3070. The number of alkyl carbamates (subject to hydrolysis) is 1. The summed E-state index contributed by atoms with van der Waals surface area (Å²) in [6.45, 7) is 4.51. The zero-order valence-corrected chi connectivity index (χ0v) is 45.5. The molecular weight excluding hydrogens is 1130 g/mol. The van der Waals surface area contributed by atoms with E-state index in [1.54, 1.807) is 36.4 Å². The molecule has 0 radical (unpaired) electrons. The number of halogens is 5. The molecule has 0 aromatic heterocycles. The summed E-state index contributed by atoms with van der Waals surface area (Å²) >= 11 is 0. The van der Waals surface area contributed by atoms with Crippen LogP contribution >= 0.6 is 0 Å². The molecule has 3 aliphatic rings. The molecule has 7 rings (SSSR count). The topological polar surface area (TPSA) is 286 Å². The van der Waals surface area contributed by atoms with Gasteiger partial charge in [-0.1, -0.05) is 66.7 Å². The quantitative estimate of drug-likeness (QED) is 0.0285. The van der Waals surface area contributed by atoms with Gasteiger partial charge in [0, 0.05) is 47.5 Å². The molecule has 0 bridgehead atoms. The smallest absolute Gasteiger partial charge is 0.407 e. The van der Waals surface area contributed by atoms with E-state index < -0.39 is 188 Å². The van der Waals surface area contributed by atoms with Crippen molar-refractivity contribution in [2.75, 3.05) is 19.8 Å². The maximum absolute atomic E-state index is 15.2. The molecule has 2 fully saturated rings. The van der Waals surface area contributed by atoms with E-state index in [4.69, 9.17) is 61.6 Å². The number of fused-ring (bicyclic) bond motifs is 3. The van der Waals surface area contributed by atoms with E-state index in [1.165, 1.54) is 30.3 Å². The van der Waals surface area contributed by atoms with Crippen LogP contribution in [0.15, 0.2) is 78.9 Å². The highest BCUT2D eigenvalue weighted by atomic mass is 19.2. The number of hydrogen-bond acceptors (Lipinski definition) is 22. The van der Waals surface area contributed by atoms with Crippen molar-refractivity contribution < 1.29 is 127 Å². The maximum atomic E-state index is 15.2. The highest BCUT2D eigenvalue weighted by Gasteiger charge is 2.58. The highest BCUT2D eigenvalue weighted by molar-refractivity contribution is 5.89. The Morgan fingerprint density at radius 1 is 0.488 bits per heavy atom. The van der Waals surface area contributed by atoms with Crippen molar-refractivity contribution in [2.24, 2.45) is 0 Å². The van der Waals surface area contributed by atoms with E-state index in [9.17, 15) is 56.3 Å². The summed E-state index contributed by atoms with van der Waals surface area (Å²) in [6.07, 6.45) is -23.6. The van der Waals surface area contributed by atoms with Gasteiger partial charge in [0.2, 0.25) is 34.8 Å². The minimum absolute atomic E-state index is 0.192. The Labute approximate surface area is 474 Å². The number of amides is 1. The fraction of sp³-hybridized carbons (Fsp3) is 0.411. The molecule has 23 nitrogen and oxygen atoms in total. The summed E-state index contributed by atoms with van der Waals surface area (Å²) in [5, 5.41) is 2.13. The van der Waals surface area contributed by atoms with Crippen molar-refractivity contribution >= 4 is 53.8 Å². The van der Waals surface area contributed by atoms with Crippen LogP contribution in [0.25, 0.3) is 11.1 Å². The minimum atomic E-state index is -2.61. The van der Waals surface area contributed by atoms with Crippen molar-refractivity contribution in [2.45, 2.75) is 128 Å². The van der Waals surface area contributed by atoms with Crippen molar-refractivity contribution in [3.63, 3.8) is 0 Å². The third kappa shape index (κ3) is 15.0. The van der Waals surface area contributed by atoms with Crippen molar-refractivity contribution in [1.29, 1.82) is 0 Å². The van der Waals surface area contributed by atoms with Gasteiger partial charge in [-0.05, 0) is 41.3 Å². The molecule has 12 atom stereocenters. The fourth-order valence-electron chi connectivity index (χ4n) is 9.42. The molecule has 1 N–H and O–H groups in total. The summed E-state index contributed by atoms with van der Waals surface area (Å²) in [7, 11) is 0. The van der Waals surface area contributed by atoms with Gasteiger partial charge in [0.05, 0.1) is 11.7 Å². The van der Waals surface area contributed by atoms with Gasteiger partial charge in [0.25, 0.3) is 0 Å². The van der Waals surface area contributed by atoms with E-state index in [0.717, 1.165) is 70.7 Å². The third-order valence-corrected chi connectivity index (χ3v) is 12.9. The fourth-order valence-corrected chi connectivity index (χ4v) is 9.42. The Hall–Kier alpha value is -8.60. The van der Waals surface area contributed by atoms with Gasteiger partial charge in [-0.25, -0.2) is 27.6 Å². The van der Waals surface area contributed by atoms with E-state index in [-0.39, 0.29) is 5.56 Å². The third-order valence-electron chi connectivity index (χ3n) is 12.9. The minimum Gasteiger partial charge on any atom is -0.463 e. The molecule has 2 saturated heterocycles. The average Bonchev–Trinajstić information content (AvgIpc) is 2.05.